The molecule has 3 aromatic carbocycles. The minimum absolute atomic E-state index is 0.0518. The van der Waals surface area contributed by atoms with Crippen LogP contribution in [0, 0.1) is 27.2 Å². The Morgan fingerprint density at radius 1 is 0.886 bits per heavy atom. The Bertz CT molecular complexity index is 1520. The van der Waals surface area contributed by atoms with Gasteiger partial charge in [-0.3, -0.25) is 29.8 Å². The fourth-order valence-corrected chi connectivity index (χ4v) is 5.52. The molecule has 1 atom stereocenters. The second-order valence-corrected chi connectivity index (χ2v) is 10.8. The first-order valence-corrected chi connectivity index (χ1v) is 14.4. The molecule has 2 amide bonds. The smallest absolute Gasteiger partial charge is 0.270 e. The number of carbonyl (C=O) groups is 2. The summed E-state index contributed by atoms with van der Waals surface area (Å²) in [5.74, 6) is 0.0368. The summed E-state index contributed by atoms with van der Waals surface area (Å²) >= 11 is 0. The van der Waals surface area contributed by atoms with Crippen molar-refractivity contribution in [3.63, 3.8) is 0 Å². The molecular weight excluding hydrogens is 568 g/mol. The van der Waals surface area contributed by atoms with Crippen LogP contribution in [0.1, 0.15) is 65.2 Å². The number of rotatable bonds is 12. The van der Waals surface area contributed by atoms with Crippen LogP contribution in [0.5, 0.6) is 11.5 Å². The summed E-state index contributed by atoms with van der Waals surface area (Å²) in [5, 5.41) is 26.1. The van der Waals surface area contributed by atoms with Crippen LogP contribution in [-0.2, 0) is 11.2 Å². The van der Waals surface area contributed by atoms with Gasteiger partial charge in [0.15, 0.2) is 11.5 Å². The maximum Gasteiger partial charge on any atom is 0.270 e. The summed E-state index contributed by atoms with van der Waals surface area (Å²) < 4.78 is 10.8. The molecule has 0 radical (unpaired) electrons. The number of carbonyl (C=O) groups excluding carboxylic acids is 2. The molecule has 0 heterocycles. The Labute approximate surface area is 255 Å². The lowest BCUT2D eigenvalue weighted by Gasteiger charge is -2.34. The minimum atomic E-state index is -1.16. The number of nitrogens with zero attached hydrogens (tertiary/aromatic N) is 3. The van der Waals surface area contributed by atoms with Crippen LogP contribution in [0.25, 0.3) is 0 Å². The van der Waals surface area contributed by atoms with Crippen LogP contribution >= 0.6 is 0 Å². The van der Waals surface area contributed by atoms with E-state index in [1.54, 1.807) is 19.1 Å². The van der Waals surface area contributed by atoms with E-state index in [2.05, 4.69) is 5.32 Å². The van der Waals surface area contributed by atoms with Gasteiger partial charge in [0.25, 0.3) is 17.3 Å². The zero-order valence-electron chi connectivity index (χ0n) is 25.0. The SMILES string of the molecule is COc1ccc(CCN(C(=O)c2cc([N+](=O)[O-])ccc2C)C(C(=O)NC2CCCCC2)c2ccc([N+](=O)[O-])cc2)cc1OC. The van der Waals surface area contributed by atoms with Crippen LogP contribution in [0.15, 0.2) is 60.7 Å². The number of nitro benzene ring substituents is 2. The largest absolute Gasteiger partial charge is 0.493 e. The highest BCUT2D eigenvalue weighted by molar-refractivity contribution is 5.99. The monoisotopic (exact) mass is 604 g/mol. The molecule has 0 aromatic heterocycles. The van der Waals surface area contributed by atoms with Crippen LogP contribution < -0.4 is 14.8 Å². The lowest BCUT2D eigenvalue weighted by atomic mass is 9.94. The number of hydrogen-bond donors (Lipinski definition) is 1. The highest BCUT2D eigenvalue weighted by Crippen LogP contribution is 2.31. The topological polar surface area (TPSA) is 154 Å². The number of benzene rings is 3. The molecule has 1 aliphatic carbocycles. The van der Waals surface area contributed by atoms with Crippen molar-refractivity contribution in [2.75, 3.05) is 20.8 Å². The fourth-order valence-electron chi connectivity index (χ4n) is 5.52. The van der Waals surface area contributed by atoms with Crippen molar-refractivity contribution in [1.29, 1.82) is 0 Å². The van der Waals surface area contributed by atoms with Gasteiger partial charge in [0.05, 0.1) is 24.1 Å². The number of nitro groups is 2. The van der Waals surface area contributed by atoms with Gasteiger partial charge in [0.2, 0.25) is 5.91 Å². The van der Waals surface area contributed by atoms with Crippen LogP contribution in [0.2, 0.25) is 0 Å². The minimum Gasteiger partial charge on any atom is -0.493 e. The predicted molar refractivity (Wildman–Crippen MR) is 163 cm³/mol. The van der Waals surface area contributed by atoms with Gasteiger partial charge in [-0.1, -0.05) is 31.4 Å². The summed E-state index contributed by atoms with van der Waals surface area (Å²) in [5.41, 5.74) is 1.37. The molecule has 232 valence electrons. The Balaban J connectivity index is 1.79. The molecule has 1 fully saturated rings. The quantitative estimate of drug-likeness (QED) is 0.204. The van der Waals surface area contributed by atoms with Gasteiger partial charge in [0.1, 0.15) is 6.04 Å². The summed E-state index contributed by atoms with van der Waals surface area (Å²) in [4.78, 5) is 51.7. The van der Waals surface area contributed by atoms with Crippen molar-refractivity contribution < 1.29 is 28.9 Å². The average molecular weight is 605 g/mol. The van der Waals surface area contributed by atoms with Crippen molar-refractivity contribution in [2.45, 2.75) is 57.5 Å². The molecule has 0 spiro atoms. The van der Waals surface area contributed by atoms with Gasteiger partial charge in [-0.25, -0.2) is 0 Å². The van der Waals surface area contributed by atoms with Gasteiger partial charge < -0.3 is 19.7 Å². The molecule has 1 saturated carbocycles. The van der Waals surface area contributed by atoms with E-state index in [9.17, 15) is 29.8 Å². The number of ether oxygens (including phenoxy) is 2. The number of amides is 2. The van der Waals surface area contributed by atoms with E-state index in [0.29, 0.717) is 29.0 Å². The molecule has 0 bridgehead atoms. The van der Waals surface area contributed by atoms with Crippen molar-refractivity contribution in [3.8, 4) is 11.5 Å². The average Bonchev–Trinajstić information content (AvgIpc) is 3.03. The van der Waals surface area contributed by atoms with Gasteiger partial charge in [0, 0.05) is 42.4 Å². The summed E-state index contributed by atoms with van der Waals surface area (Å²) in [6.45, 7) is 1.72. The van der Waals surface area contributed by atoms with Crippen LogP contribution in [0.3, 0.4) is 0 Å². The van der Waals surface area contributed by atoms with Crippen molar-refractivity contribution in [3.05, 3.63) is 103 Å². The summed E-state index contributed by atoms with van der Waals surface area (Å²) in [6, 6.07) is 13.7. The third-order valence-corrected chi connectivity index (χ3v) is 7.94. The van der Waals surface area contributed by atoms with Crippen molar-refractivity contribution >= 4 is 23.2 Å². The predicted octanol–water partition coefficient (Wildman–Crippen LogP) is 5.70. The number of non-ortho nitro benzene ring substituents is 2. The fraction of sp³-hybridized carbons (Fsp3) is 0.375. The lowest BCUT2D eigenvalue weighted by molar-refractivity contribution is -0.385. The van der Waals surface area contributed by atoms with E-state index in [1.165, 1.54) is 61.6 Å². The third kappa shape index (κ3) is 7.49. The zero-order valence-corrected chi connectivity index (χ0v) is 25.0. The molecule has 12 heteroatoms. The van der Waals surface area contributed by atoms with E-state index in [4.69, 9.17) is 9.47 Å². The number of nitrogens with one attached hydrogen (secondary N) is 1. The summed E-state index contributed by atoms with van der Waals surface area (Å²) in [7, 11) is 3.04. The molecule has 0 aliphatic heterocycles. The normalized spacial score (nSPS) is 13.9. The van der Waals surface area contributed by atoms with Gasteiger partial charge in [-0.05, 0) is 67.1 Å². The van der Waals surface area contributed by atoms with Gasteiger partial charge in [-0.15, -0.1) is 0 Å². The first-order valence-electron chi connectivity index (χ1n) is 14.4. The number of aryl methyl sites for hydroxylation is 1. The molecule has 1 unspecified atom stereocenters. The maximum atomic E-state index is 14.3. The van der Waals surface area contributed by atoms with E-state index < -0.39 is 27.7 Å². The number of hydrogen-bond acceptors (Lipinski definition) is 8. The van der Waals surface area contributed by atoms with E-state index in [1.807, 2.05) is 6.07 Å². The molecule has 44 heavy (non-hydrogen) atoms. The van der Waals surface area contributed by atoms with Crippen molar-refractivity contribution in [1.82, 2.24) is 10.2 Å². The Morgan fingerprint density at radius 2 is 1.52 bits per heavy atom. The summed E-state index contributed by atoms with van der Waals surface area (Å²) in [6.07, 6.45) is 4.95. The highest BCUT2D eigenvalue weighted by atomic mass is 16.6. The Morgan fingerprint density at radius 3 is 2.14 bits per heavy atom. The number of methoxy groups -OCH3 is 2. The molecular formula is C32H36N4O8. The van der Waals surface area contributed by atoms with E-state index in [-0.39, 0.29) is 29.5 Å². The molecule has 1 aliphatic rings. The molecule has 12 nitrogen and oxygen atoms in total. The molecule has 0 saturated heterocycles. The van der Waals surface area contributed by atoms with Gasteiger partial charge in [-0.2, -0.15) is 0 Å². The lowest BCUT2D eigenvalue weighted by Crippen LogP contribution is -2.47. The van der Waals surface area contributed by atoms with Crippen LogP contribution in [-0.4, -0.2) is 53.4 Å². The van der Waals surface area contributed by atoms with E-state index in [0.717, 1.165) is 37.7 Å². The maximum absolute atomic E-state index is 14.3. The third-order valence-electron chi connectivity index (χ3n) is 7.94. The van der Waals surface area contributed by atoms with E-state index >= 15 is 0 Å². The highest BCUT2D eigenvalue weighted by Gasteiger charge is 2.34. The second-order valence-electron chi connectivity index (χ2n) is 10.8. The molecule has 4 rings (SSSR count). The Hall–Kier alpha value is -5.00. The Kier molecular flexibility index (Phi) is 10.5. The first-order chi connectivity index (χ1) is 21.1. The zero-order chi connectivity index (χ0) is 31.8. The molecule has 1 N–H and O–H groups in total. The van der Waals surface area contributed by atoms with Crippen molar-refractivity contribution in [2.24, 2.45) is 0 Å². The van der Waals surface area contributed by atoms with Crippen LogP contribution in [0.4, 0.5) is 11.4 Å². The first kappa shape index (κ1) is 31.9. The van der Waals surface area contributed by atoms with Gasteiger partial charge >= 0.3 is 0 Å². The molecule has 3 aromatic rings. The standard InChI is InChI=1S/C32H36N4O8/c1-21-9-13-26(36(41)42)20-27(21)32(38)34(18-17-22-10-16-28(43-2)29(19-22)44-3)30(23-11-14-25(15-12-23)35(39)40)31(37)33-24-7-5-4-6-8-24/h9-16,19-20,24,30H,4-8,17-18H2,1-3H3,(H,33,37). The second kappa shape index (κ2) is 14.5.